The van der Waals surface area contributed by atoms with Gasteiger partial charge in [-0.25, -0.2) is 0 Å². The van der Waals surface area contributed by atoms with Gasteiger partial charge in [-0.1, -0.05) is 18.5 Å². The van der Waals surface area contributed by atoms with E-state index in [9.17, 15) is 8.78 Å². The summed E-state index contributed by atoms with van der Waals surface area (Å²) in [5.41, 5.74) is 0.656. The van der Waals surface area contributed by atoms with E-state index in [2.05, 4.69) is 21.9 Å². The topological polar surface area (TPSA) is 24.5 Å². The molecule has 8 heteroatoms. The Morgan fingerprint density at radius 2 is 2.13 bits per heavy atom. The Labute approximate surface area is 153 Å². The molecule has 1 aromatic rings. The lowest BCUT2D eigenvalue weighted by atomic mass is 10.2. The van der Waals surface area contributed by atoms with Crippen molar-refractivity contribution in [1.29, 1.82) is 0 Å². The van der Waals surface area contributed by atoms with Crippen molar-refractivity contribution in [3.8, 4) is 5.75 Å². The molecule has 1 fully saturated rings. The van der Waals surface area contributed by atoms with Crippen molar-refractivity contribution in [2.45, 2.75) is 39.0 Å². The molecule has 1 atom stereocenters. The van der Waals surface area contributed by atoms with E-state index >= 15 is 0 Å². The van der Waals surface area contributed by atoms with Crippen LogP contribution in [0, 0.1) is 0 Å². The number of likely N-dealkylation sites (N-methyl/N-ethyl adjacent to an activating group) is 1. The summed E-state index contributed by atoms with van der Waals surface area (Å²) in [5.74, 6) is 0.181. The molecule has 3 nitrogen and oxygen atoms in total. The minimum atomic E-state index is -2.82. The minimum Gasteiger partial charge on any atom is -0.434 e. The molecule has 1 heterocycles. The summed E-state index contributed by atoms with van der Waals surface area (Å²) in [6.45, 7) is 2.83. The highest BCUT2D eigenvalue weighted by atomic mass is 35.5. The number of rotatable bonds is 7. The second-order valence-electron chi connectivity index (χ2n) is 5.19. The standard InChI is InChI=1S/C15H21ClF2N2O.2ClH/c1-2-20-7-3-4-13(20)10-19-9-11-8-12(16)5-6-14(11)21-15(17)18;;/h5-6,8,13,15,19H,2-4,7,9-10H2,1H3;2*1H. The van der Waals surface area contributed by atoms with E-state index in [0.717, 1.165) is 19.6 Å². The maximum absolute atomic E-state index is 12.4. The van der Waals surface area contributed by atoms with Gasteiger partial charge in [0.05, 0.1) is 0 Å². The molecule has 1 aliphatic heterocycles. The highest BCUT2D eigenvalue weighted by molar-refractivity contribution is 6.30. The highest BCUT2D eigenvalue weighted by Gasteiger charge is 2.22. The summed E-state index contributed by atoms with van der Waals surface area (Å²) >= 11 is 5.93. The second-order valence-corrected chi connectivity index (χ2v) is 5.62. The Bertz CT molecular complexity index is 466. The molecule has 1 aromatic carbocycles. The van der Waals surface area contributed by atoms with E-state index < -0.39 is 6.61 Å². The fourth-order valence-electron chi connectivity index (χ4n) is 2.81. The van der Waals surface area contributed by atoms with Gasteiger partial charge in [0.15, 0.2) is 0 Å². The van der Waals surface area contributed by atoms with Gasteiger partial charge in [0.2, 0.25) is 0 Å². The predicted molar refractivity (Wildman–Crippen MR) is 94.6 cm³/mol. The molecule has 0 bridgehead atoms. The van der Waals surface area contributed by atoms with Gasteiger partial charge in [-0.05, 0) is 44.1 Å². The largest absolute Gasteiger partial charge is 0.434 e. The van der Waals surface area contributed by atoms with Crippen molar-refractivity contribution in [2.24, 2.45) is 0 Å². The fraction of sp³-hybridized carbons (Fsp3) is 0.600. The lowest BCUT2D eigenvalue weighted by Crippen LogP contribution is -2.37. The number of hydrogen-bond donors (Lipinski definition) is 1. The molecule has 0 aromatic heterocycles. The third-order valence-corrected chi connectivity index (χ3v) is 4.07. The van der Waals surface area contributed by atoms with Crippen molar-refractivity contribution >= 4 is 36.4 Å². The molecule has 1 unspecified atom stereocenters. The Morgan fingerprint density at radius 3 is 2.78 bits per heavy atom. The van der Waals surface area contributed by atoms with E-state index in [0.29, 0.717) is 23.2 Å². The number of ether oxygens (including phenoxy) is 1. The molecule has 134 valence electrons. The second kappa shape index (κ2) is 11.3. The first-order valence-corrected chi connectivity index (χ1v) is 7.66. The summed E-state index contributed by atoms with van der Waals surface area (Å²) in [7, 11) is 0. The third-order valence-electron chi connectivity index (χ3n) is 3.84. The van der Waals surface area contributed by atoms with Gasteiger partial charge in [-0.15, -0.1) is 24.8 Å². The van der Waals surface area contributed by atoms with E-state index in [1.54, 1.807) is 12.1 Å². The lowest BCUT2D eigenvalue weighted by Gasteiger charge is -2.23. The summed E-state index contributed by atoms with van der Waals surface area (Å²) in [5, 5.41) is 3.84. The first kappa shape index (κ1) is 22.7. The quantitative estimate of drug-likeness (QED) is 0.747. The summed E-state index contributed by atoms with van der Waals surface area (Å²) < 4.78 is 29.3. The fourth-order valence-corrected chi connectivity index (χ4v) is 3.01. The smallest absolute Gasteiger partial charge is 0.387 e. The van der Waals surface area contributed by atoms with E-state index in [1.165, 1.54) is 18.9 Å². The Kier molecular flexibility index (Phi) is 11.1. The zero-order chi connectivity index (χ0) is 15.2. The predicted octanol–water partition coefficient (Wildman–Crippen LogP) is 4.36. The van der Waals surface area contributed by atoms with Gasteiger partial charge in [0.1, 0.15) is 5.75 Å². The van der Waals surface area contributed by atoms with Gasteiger partial charge >= 0.3 is 6.61 Å². The number of halogens is 5. The van der Waals surface area contributed by atoms with Crippen molar-refractivity contribution in [3.05, 3.63) is 28.8 Å². The van der Waals surface area contributed by atoms with Crippen LogP contribution in [0.2, 0.25) is 5.02 Å². The zero-order valence-corrected chi connectivity index (χ0v) is 15.3. The molecule has 1 N–H and O–H groups in total. The maximum Gasteiger partial charge on any atom is 0.387 e. The van der Waals surface area contributed by atoms with Crippen molar-refractivity contribution in [3.63, 3.8) is 0 Å². The molecule has 23 heavy (non-hydrogen) atoms. The molecule has 0 amide bonds. The van der Waals surface area contributed by atoms with Gasteiger partial charge in [0, 0.05) is 29.7 Å². The summed E-state index contributed by atoms with van der Waals surface area (Å²) in [6, 6.07) is 5.23. The number of likely N-dealkylation sites (tertiary alicyclic amines) is 1. The van der Waals surface area contributed by atoms with Crippen LogP contribution in [0.15, 0.2) is 18.2 Å². The van der Waals surface area contributed by atoms with Crippen LogP contribution in [-0.4, -0.2) is 37.2 Å². The van der Waals surface area contributed by atoms with Crippen LogP contribution in [0.5, 0.6) is 5.75 Å². The average Bonchev–Trinajstić information content (AvgIpc) is 2.89. The number of nitrogens with one attached hydrogen (secondary N) is 1. The number of benzene rings is 1. The van der Waals surface area contributed by atoms with E-state index in [-0.39, 0.29) is 30.6 Å². The molecule has 1 saturated heterocycles. The first-order valence-electron chi connectivity index (χ1n) is 7.28. The zero-order valence-electron chi connectivity index (χ0n) is 12.9. The average molecular weight is 392 g/mol. The Morgan fingerprint density at radius 1 is 1.39 bits per heavy atom. The SMILES string of the molecule is CCN1CCCC1CNCc1cc(Cl)ccc1OC(F)F.Cl.Cl. The van der Waals surface area contributed by atoms with Crippen molar-refractivity contribution in [2.75, 3.05) is 19.6 Å². The van der Waals surface area contributed by atoms with Gasteiger partial charge in [-0.3, -0.25) is 4.90 Å². The molecule has 0 spiro atoms. The summed E-state index contributed by atoms with van der Waals surface area (Å²) in [6.07, 6.45) is 2.40. The van der Waals surface area contributed by atoms with Crippen molar-refractivity contribution in [1.82, 2.24) is 10.2 Å². The Hall–Kier alpha value is -0.330. The van der Waals surface area contributed by atoms with Gasteiger partial charge in [0.25, 0.3) is 0 Å². The third kappa shape index (κ3) is 6.98. The van der Waals surface area contributed by atoms with Crippen LogP contribution >= 0.6 is 36.4 Å². The number of hydrogen-bond acceptors (Lipinski definition) is 3. The molecule has 1 aliphatic rings. The lowest BCUT2D eigenvalue weighted by molar-refractivity contribution is -0.0505. The molecule has 0 saturated carbocycles. The molecule has 0 radical (unpaired) electrons. The normalized spacial score (nSPS) is 17.7. The summed E-state index contributed by atoms with van der Waals surface area (Å²) in [4.78, 5) is 2.43. The Balaban J connectivity index is 0.00000242. The number of nitrogens with zero attached hydrogens (tertiary/aromatic N) is 1. The van der Waals surface area contributed by atoms with Crippen LogP contribution in [0.3, 0.4) is 0 Å². The van der Waals surface area contributed by atoms with Crippen molar-refractivity contribution < 1.29 is 13.5 Å². The van der Waals surface area contributed by atoms with Crippen LogP contribution in [0.25, 0.3) is 0 Å². The number of alkyl halides is 2. The van der Waals surface area contributed by atoms with Crippen LogP contribution in [-0.2, 0) is 6.54 Å². The molecular weight excluding hydrogens is 369 g/mol. The van der Waals surface area contributed by atoms with E-state index in [1.807, 2.05) is 0 Å². The van der Waals surface area contributed by atoms with Gasteiger partial charge < -0.3 is 10.1 Å². The van der Waals surface area contributed by atoms with Crippen LogP contribution < -0.4 is 10.1 Å². The first-order chi connectivity index (χ1) is 10.1. The molecular formula is C15H23Cl3F2N2O. The van der Waals surface area contributed by atoms with Crippen LogP contribution in [0.4, 0.5) is 8.78 Å². The monoisotopic (exact) mass is 390 g/mol. The van der Waals surface area contributed by atoms with E-state index in [4.69, 9.17) is 11.6 Å². The molecule has 0 aliphatic carbocycles. The van der Waals surface area contributed by atoms with Gasteiger partial charge in [-0.2, -0.15) is 8.78 Å². The minimum absolute atomic E-state index is 0. The highest BCUT2D eigenvalue weighted by Crippen LogP contribution is 2.24. The maximum atomic E-state index is 12.4. The molecule has 2 rings (SSSR count). The van der Waals surface area contributed by atoms with Crippen LogP contribution in [0.1, 0.15) is 25.3 Å².